The van der Waals surface area contributed by atoms with E-state index in [0.29, 0.717) is 24.0 Å². The lowest BCUT2D eigenvalue weighted by molar-refractivity contribution is 0.0943. The summed E-state index contributed by atoms with van der Waals surface area (Å²) in [6.07, 6.45) is 5.04. The van der Waals surface area contributed by atoms with E-state index >= 15 is 0 Å². The minimum absolute atomic E-state index is 0.153. The Bertz CT molecular complexity index is 1280. The first-order valence-corrected chi connectivity index (χ1v) is 13.4. The van der Waals surface area contributed by atoms with E-state index in [1.165, 1.54) is 12.1 Å². The van der Waals surface area contributed by atoms with Gasteiger partial charge in [0, 0.05) is 43.9 Å². The molecule has 2 N–H and O–H groups in total. The van der Waals surface area contributed by atoms with Gasteiger partial charge in [-0.15, -0.1) is 0 Å². The fraction of sp³-hybridized carbons (Fsp3) is 0.400. The van der Waals surface area contributed by atoms with Crippen LogP contribution in [0.2, 0.25) is 0 Å². The number of sulfone groups is 1. The molecule has 0 bridgehead atoms. The molecule has 0 aliphatic heterocycles. The second kappa shape index (κ2) is 9.97. The fourth-order valence-electron chi connectivity index (χ4n) is 4.37. The molecule has 0 atom stereocenters. The van der Waals surface area contributed by atoms with Gasteiger partial charge in [0.25, 0.3) is 5.91 Å². The van der Waals surface area contributed by atoms with Gasteiger partial charge in [0.1, 0.15) is 5.82 Å². The summed E-state index contributed by atoms with van der Waals surface area (Å²) in [6.45, 7) is 0.575. The van der Waals surface area contributed by atoms with Gasteiger partial charge in [-0.1, -0.05) is 18.2 Å². The van der Waals surface area contributed by atoms with Gasteiger partial charge < -0.3 is 15.5 Å². The number of nitrogens with zero attached hydrogens (tertiary/aromatic N) is 3. The van der Waals surface area contributed by atoms with Gasteiger partial charge in [0.05, 0.1) is 10.4 Å². The first-order chi connectivity index (χ1) is 16.2. The maximum absolute atomic E-state index is 12.5. The standard InChI is InChI=1S/C25H31N5O3S/c1-30(2)23-21-9-4-5-10-22(21)28-25(29-23)27-19-13-11-17(12-14-19)16-26-24(31)18-7-6-8-20(15-18)34(3,32)33/h4-10,15,17,19H,11-14,16H2,1-3H3,(H,26,31)(H,27,28,29). The smallest absolute Gasteiger partial charge is 0.251 e. The Kier molecular flexibility index (Phi) is 7.02. The van der Waals surface area contributed by atoms with Crippen LogP contribution in [0.1, 0.15) is 36.0 Å². The van der Waals surface area contributed by atoms with Crippen molar-refractivity contribution >= 4 is 38.4 Å². The first kappa shape index (κ1) is 23.9. The molecule has 1 saturated carbocycles. The summed E-state index contributed by atoms with van der Waals surface area (Å²) in [7, 11) is 0.617. The van der Waals surface area contributed by atoms with Crippen LogP contribution in [0.5, 0.6) is 0 Å². The van der Waals surface area contributed by atoms with E-state index in [2.05, 4.69) is 10.6 Å². The van der Waals surface area contributed by atoms with Gasteiger partial charge >= 0.3 is 0 Å². The normalized spacial score (nSPS) is 18.4. The van der Waals surface area contributed by atoms with Crippen molar-refractivity contribution in [1.82, 2.24) is 15.3 Å². The zero-order chi connectivity index (χ0) is 24.3. The highest BCUT2D eigenvalue weighted by atomic mass is 32.2. The van der Waals surface area contributed by atoms with Crippen LogP contribution in [0, 0.1) is 5.92 Å². The van der Waals surface area contributed by atoms with Crippen LogP contribution in [-0.2, 0) is 9.84 Å². The number of rotatable bonds is 7. The molecule has 8 nitrogen and oxygen atoms in total. The van der Waals surface area contributed by atoms with E-state index in [9.17, 15) is 13.2 Å². The zero-order valence-corrected chi connectivity index (χ0v) is 20.6. The van der Waals surface area contributed by atoms with Crippen LogP contribution in [0.15, 0.2) is 53.4 Å². The van der Waals surface area contributed by atoms with E-state index in [0.717, 1.165) is 48.7 Å². The van der Waals surface area contributed by atoms with Gasteiger partial charge in [0.15, 0.2) is 9.84 Å². The summed E-state index contributed by atoms with van der Waals surface area (Å²) < 4.78 is 23.5. The highest BCUT2D eigenvalue weighted by Crippen LogP contribution is 2.28. The average Bonchev–Trinajstić information content (AvgIpc) is 2.82. The van der Waals surface area contributed by atoms with Crippen molar-refractivity contribution < 1.29 is 13.2 Å². The summed E-state index contributed by atoms with van der Waals surface area (Å²) in [5.74, 6) is 1.68. The minimum atomic E-state index is -3.35. The van der Waals surface area contributed by atoms with Crippen molar-refractivity contribution in [2.45, 2.75) is 36.6 Å². The largest absolute Gasteiger partial charge is 0.362 e. The van der Waals surface area contributed by atoms with Crippen LogP contribution < -0.4 is 15.5 Å². The minimum Gasteiger partial charge on any atom is -0.362 e. The Morgan fingerprint density at radius 1 is 1.03 bits per heavy atom. The van der Waals surface area contributed by atoms with E-state index in [1.807, 2.05) is 43.3 Å². The number of hydrogen-bond acceptors (Lipinski definition) is 7. The predicted octanol–water partition coefficient (Wildman–Crippen LogP) is 3.50. The molecular weight excluding hydrogens is 450 g/mol. The molecule has 180 valence electrons. The highest BCUT2D eigenvalue weighted by molar-refractivity contribution is 7.90. The molecule has 0 saturated heterocycles. The number of aromatic nitrogens is 2. The molecule has 9 heteroatoms. The summed E-state index contributed by atoms with van der Waals surface area (Å²) in [4.78, 5) is 24.1. The molecule has 4 rings (SSSR count). The SMILES string of the molecule is CN(C)c1nc(NC2CCC(CNC(=O)c3cccc(S(C)(=O)=O)c3)CC2)nc2ccccc12. The topological polar surface area (TPSA) is 104 Å². The summed E-state index contributed by atoms with van der Waals surface area (Å²) >= 11 is 0. The van der Waals surface area contributed by atoms with Gasteiger partial charge in [-0.2, -0.15) is 4.98 Å². The molecule has 1 amide bonds. The van der Waals surface area contributed by atoms with Crippen LogP contribution in [0.4, 0.5) is 11.8 Å². The van der Waals surface area contributed by atoms with E-state index in [1.54, 1.807) is 12.1 Å². The maximum atomic E-state index is 12.5. The number of carbonyl (C=O) groups is 1. The highest BCUT2D eigenvalue weighted by Gasteiger charge is 2.23. The molecule has 34 heavy (non-hydrogen) atoms. The van der Waals surface area contributed by atoms with Crippen molar-refractivity contribution in [3.63, 3.8) is 0 Å². The Hall–Kier alpha value is -3.20. The van der Waals surface area contributed by atoms with Gasteiger partial charge in [0.2, 0.25) is 5.95 Å². The second-order valence-corrected chi connectivity index (χ2v) is 11.2. The van der Waals surface area contributed by atoms with Crippen LogP contribution >= 0.6 is 0 Å². The predicted molar refractivity (Wildman–Crippen MR) is 135 cm³/mol. The van der Waals surface area contributed by atoms with Crippen LogP contribution in [0.3, 0.4) is 0 Å². The molecule has 1 aromatic heterocycles. The van der Waals surface area contributed by atoms with Crippen molar-refractivity contribution in [2.75, 3.05) is 37.1 Å². The van der Waals surface area contributed by atoms with Crippen LogP contribution in [-0.4, -0.2) is 57.2 Å². The number of para-hydroxylation sites is 1. The number of nitrogens with one attached hydrogen (secondary N) is 2. The Balaban J connectivity index is 1.32. The van der Waals surface area contributed by atoms with Gasteiger partial charge in [-0.25, -0.2) is 13.4 Å². The monoisotopic (exact) mass is 481 g/mol. The lowest BCUT2D eigenvalue weighted by atomic mass is 9.86. The van der Waals surface area contributed by atoms with Crippen LogP contribution in [0.25, 0.3) is 10.9 Å². The molecule has 1 heterocycles. The van der Waals surface area contributed by atoms with Gasteiger partial charge in [-0.05, 0) is 61.9 Å². The molecule has 1 aliphatic carbocycles. The second-order valence-electron chi connectivity index (χ2n) is 9.15. The number of benzene rings is 2. The average molecular weight is 482 g/mol. The van der Waals surface area contributed by atoms with E-state index in [4.69, 9.17) is 9.97 Å². The molecule has 0 spiro atoms. The molecular formula is C25H31N5O3S. The number of fused-ring (bicyclic) bond motifs is 1. The van der Waals surface area contributed by atoms with E-state index < -0.39 is 9.84 Å². The molecule has 1 aliphatic rings. The lowest BCUT2D eigenvalue weighted by Gasteiger charge is -2.29. The van der Waals surface area contributed by atoms with Crippen molar-refractivity contribution in [2.24, 2.45) is 5.92 Å². The van der Waals surface area contributed by atoms with Crippen molar-refractivity contribution in [3.8, 4) is 0 Å². The first-order valence-electron chi connectivity index (χ1n) is 11.5. The molecule has 0 radical (unpaired) electrons. The Labute approximate surface area is 200 Å². The number of anilines is 2. The lowest BCUT2D eigenvalue weighted by Crippen LogP contribution is -2.34. The van der Waals surface area contributed by atoms with Gasteiger partial charge in [-0.3, -0.25) is 4.79 Å². The van der Waals surface area contributed by atoms with Crippen molar-refractivity contribution in [3.05, 3.63) is 54.1 Å². The van der Waals surface area contributed by atoms with Crippen molar-refractivity contribution in [1.29, 1.82) is 0 Å². The summed E-state index contributed by atoms with van der Waals surface area (Å²) in [5.41, 5.74) is 1.28. The Morgan fingerprint density at radius 3 is 2.47 bits per heavy atom. The zero-order valence-electron chi connectivity index (χ0n) is 19.8. The fourth-order valence-corrected chi connectivity index (χ4v) is 5.03. The third kappa shape index (κ3) is 5.64. The van der Waals surface area contributed by atoms with E-state index in [-0.39, 0.29) is 16.8 Å². The summed E-state index contributed by atoms with van der Waals surface area (Å²) in [6, 6.07) is 14.5. The number of carbonyl (C=O) groups excluding carboxylic acids is 1. The molecule has 0 unspecified atom stereocenters. The maximum Gasteiger partial charge on any atom is 0.251 e. The third-order valence-electron chi connectivity index (χ3n) is 6.26. The number of amides is 1. The number of hydrogen-bond donors (Lipinski definition) is 2. The Morgan fingerprint density at radius 2 is 1.76 bits per heavy atom. The summed E-state index contributed by atoms with van der Waals surface area (Å²) in [5, 5.41) is 7.50. The third-order valence-corrected chi connectivity index (χ3v) is 7.37. The molecule has 3 aromatic rings. The molecule has 1 fully saturated rings. The quantitative estimate of drug-likeness (QED) is 0.532. The molecule has 2 aromatic carbocycles.